The molecule has 1 aliphatic rings. The third-order valence-electron chi connectivity index (χ3n) is 3.80. The van der Waals surface area contributed by atoms with Gasteiger partial charge in [-0.1, -0.05) is 0 Å². The molecule has 0 atom stereocenters. The molecule has 0 aromatic carbocycles. The fraction of sp³-hybridized carbons (Fsp3) is 0.533. The summed E-state index contributed by atoms with van der Waals surface area (Å²) < 4.78 is 14.2. The van der Waals surface area contributed by atoms with Crippen LogP contribution >= 0.6 is 0 Å². The zero-order valence-electron chi connectivity index (χ0n) is 13.2. The van der Waals surface area contributed by atoms with E-state index < -0.39 is 0 Å². The maximum absolute atomic E-state index is 12.4. The Hall–Kier alpha value is -2.19. The number of rotatable bonds is 7. The van der Waals surface area contributed by atoms with Crippen molar-refractivity contribution in [2.75, 3.05) is 26.9 Å². The maximum Gasteiger partial charge on any atom is 0.272 e. The number of nitrogens with one attached hydrogen (secondary N) is 1. The van der Waals surface area contributed by atoms with Crippen LogP contribution in [0, 0.1) is 0 Å². The number of methoxy groups -OCH3 is 1. The molecule has 0 bridgehead atoms. The number of hydrogen-bond donors (Lipinski definition) is 1. The number of carbonyl (C=O) groups excluding carboxylic acids is 1. The Labute approximate surface area is 134 Å². The van der Waals surface area contributed by atoms with E-state index in [1.807, 2.05) is 16.9 Å². The summed E-state index contributed by atoms with van der Waals surface area (Å²) in [7, 11) is 1.65. The number of aromatic nitrogens is 4. The number of ether oxygens (including phenoxy) is 2. The lowest BCUT2D eigenvalue weighted by Crippen LogP contribution is -2.29. The molecule has 23 heavy (non-hydrogen) atoms. The molecule has 3 heterocycles. The van der Waals surface area contributed by atoms with Crippen LogP contribution in [0.3, 0.4) is 0 Å². The Bertz CT molecular complexity index is 650. The zero-order valence-corrected chi connectivity index (χ0v) is 13.2. The van der Waals surface area contributed by atoms with Crippen molar-refractivity contribution in [2.24, 2.45) is 0 Å². The van der Waals surface area contributed by atoms with Gasteiger partial charge in [-0.3, -0.25) is 14.2 Å². The highest BCUT2D eigenvalue weighted by atomic mass is 16.5. The first kappa shape index (κ1) is 15.7. The van der Waals surface area contributed by atoms with Crippen LogP contribution in [-0.2, 0) is 35.6 Å². The molecular weight excluding hydrogens is 298 g/mol. The average Bonchev–Trinajstić information content (AvgIpc) is 3.20. The molecule has 2 aromatic rings. The molecule has 124 valence electrons. The summed E-state index contributed by atoms with van der Waals surface area (Å²) in [5, 5.41) is 11.5. The van der Waals surface area contributed by atoms with Crippen LogP contribution in [-0.4, -0.2) is 52.3 Å². The van der Waals surface area contributed by atoms with Crippen LogP contribution in [0.5, 0.6) is 0 Å². The lowest BCUT2D eigenvalue weighted by molar-refractivity contribution is 0.0923. The first-order valence-electron chi connectivity index (χ1n) is 7.70. The molecule has 2 aromatic heterocycles. The predicted octanol–water partition coefficient (Wildman–Crippen LogP) is 0.229. The summed E-state index contributed by atoms with van der Waals surface area (Å²) in [6.45, 7) is 3.42. The Morgan fingerprint density at radius 1 is 1.48 bits per heavy atom. The summed E-state index contributed by atoms with van der Waals surface area (Å²) in [5.41, 5.74) is 2.42. The molecule has 1 amide bonds. The minimum Gasteiger partial charge on any atom is -0.383 e. The molecule has 1 aliphatic heterocycles. The highest BCUT2D eigenvalue weighted by Gasteiger charge is 2.25. The van der Waals surface area contributed by atoms with Crippen molar-refractivity contribution in [3.8, 4) is 0 Å². The van der Waals surface area contributed by atoms with E-state index in [2.05, 4.69) is 15.5 Å². The molecule has 0 aliphatic carbocycles. The summed E-state index contributed by atoms with van der Waals surface area (Å²) >= 11 is 0. The summed E-state index contributed by atoms with van der Waals surface area (Å²) in [6.07, 6.45) is 4.35. The quantitative estimate of drug-likeness (QED) is 0.790. The van der Waals surface area contributed by atoms with E-state index in [0.717, 1.165) is 17.7 Å². The number of amides is 1. The molecule has 0 saturated carbocycles. The smallest absolute Gasteiger partial charge is 0.272 e. The van der Waals surface area contributed by atoms with Crippen LogP contribution < -0.4 is 5.32 Å². The first-order chi connectivity index (χ1) is 11.3. The monoisotopic (exact) mass is 319 g/mol. The fourth-order valence-corrected chi connectivity index (χ4v) is 2.65. The van der Waals surface area contributed by atoms with Gasteiger partial charge in [-0.2, -0.15) is 10.2 Å². The van der Waals surface area contributed by atoms with Crippen molar-refractivity contribution in [1.82, 2.24) is 24.9 Å². The lowest BCUT2D eigenvalue weighted by atomic mass is 10.1. The number of carbonyl (C=O) groups is 1. The molecule has 0 spiro atoms. The van der Waals surface area contributed by atoms with E-state index >= 15 is 0 Å². The molecule has 8 heteroatoms. The molecular formula is C15H21N5O3. The van der Waals surface area contributed by atoms with Crippen molar-refractivity contribution in [3.05, 3.63) is 35.4 Å². The van der Waals surface area contributed by atoms with Gasteiger partial charge in [0.15, 0.2) is 5.69 Å². The van der Waals surface area contributed by atoms with Gasteiger partial charge in [0.1, 0.15) is 0 Å². The third-order valence-corrected chi connectivity index (χ3v) is 3.80. The Kier molecular flexibility index (Phi) is 5.04. The van der Waals surface area contributed by atoms with Crippen molar-refractivity contribution < 1.29 is 14.3 Å². The number of nitrogens with zero attached hydrogens (tertiary/aromatic N) is 4. The van der Waals surface area contributed by atoms with Crippen LogP contribution in [0.1, 0.15) is 21.7 Å². The Balaban J connectivity index is 1.68. The van der Waals surface area contributed by atoms with Gasteiger partial charge in [-0.15, -0.1) is 0 Å². The normalized spacial score (nSPS) is 13.8. The lowest BCUT2D eigenvalue weighted by Gasteiger charge is -2.14. The van der Waals surface area contributed by atoms with E-state index in [9.17, 15) is 4.79 Å². The molecule has 8 nitrogen and oxygen atoms in total. The second-order valence-electron chi connectivity index (χ2n) is 5.32. The van der Waals surface area contributed by atoms with Gasteiger partial charge in [-0.25, -0.2) is 0 Å². The first-order valence-corrected chi connectivity index (χ1v) is 7.70. The molecule has 3 rings (SSSR count). The van der Waals surface area contributed by atoms with Crippen molar-refractivity contribution in [1.29, 1.82) is 0 Å². The van der Waals surface area contributed by atoms with Gasteiger partial charge < -0.3 is 14.8 Å². The van der Waals surface area contributed by atoms with Gasteiger partial charge in [0.05, 0.1) is 32.9 Å². The van der Waals surface area contributed by atoms with E-state index in [4.69, 9.17) is 9.47 Å². The Morgan fingerprint density at radius 3 is 3.17 bits per heavy atom. The van der Waals surface area contributed by atoms with Crippen molar-refractivity contribution >= 4 is 5.91 Å². The molecule has 0 fully saturated rings. The summed E-state index contributed by atoms with van der Waals surface area (Å²) in [5.74, 6) is -0.171. The van der Waals surface area contributed by atoms with Crippen molar-refractivity contribution in [2.45, 2.75) is 26.1 Å². The third kappa shape index (κ3) is 3.59. The molecule has 1 N–H and O–H groups in total. The zero-order chi connectivity index (χ0) is 16.1. The van der Waals surface area contributed by atoms with Gasteiger partial charge >= 0.3 is 0 Å². The van der Waals surface area contributed by atoms with Gasteiger partial charge in [0, 0.05) is 43.7 Å². The maximum atomic E-state index is 12.4. The predicted molar refractivity (Wildman–Crippen MR) is 82.0 cm³/mol. The van der Waals surface area contributed by atoms with E-state index in [-0.39, 0.29) is 5.91 Å². The number of hydrogen-bond acceptors (Lipinski definition) is 5. The highest BCUT2D eigenvalue weighted by molar-refractivity contribution is 5.94. The summed E-state index contributed by atoms with van der Waals surface area (Å²) in [4.78, 5) is 12.4. The van der Waals surface area contributed by atoms with E-state index in [0.29, 0.717) is 45.1 Å². The summed E-state index contributed by atoms with van der Waals surface area (Å²) in [6, 6.07) is 1.85. The number of fused-ring (bicyclic) bond motifs is 1. The molecule has 0 unspecified atom stereocenters. The minimum absolute atomic E-state index is 0.171. The second kappa shape index (κ2) is 7.38. The van der Waals surface area contributed by atoms with Crippen molar-refractivity contribution in [3.63, 3.8) is 0 Å². The largest absolute Gasteiger partial charge is 0.383 e. The minimum atomic E-state index is -0.171. The Morgan fingerprint density at radius 2 is 2.39 bits per heavy atom. The van der Waals surface area contributed by atoms with Crippen LogP contribution in [0.4, 0.5) is 0 Å². The van der Waals surface area contributed by atoms with Gasteiger partial charge in [0.2, 0.25) is 0 Å². The molecule has 0 saturated heterocycles. The fourth-order valence-electron chi connectivity index (χ4n) is 2.65. The van der Waals surface area contributed by atoms with E-state index in [1.165, 1.54) is 0 Å². The molecule has 0 radical (unpaired) electrons. The topological polar surface area (TPSA) is 83.2 Å². The van der Waals surface area contributed by atoms with Crippen LogP contribution in [0.15, 0.2) is 18.5 Å². The van der Waals surface area contributed by atoms with E-state index in [1.54, 1.807) is 18.0 Å². The van der Waals surface area contributed by atoms with Crippen LogP contribution in [0.25, 0.3) is 0 Å². The van der Waals surface area contributed by atoms with Crippen LogP contribution in [0.2, 0.25) is 0 Å². The SMILES string of the molecule is COCCn1nc(C(=O)NCCn2cccn2)c2c1CCOC2. The van der Waals surface area contributed by atoms with Gasteiger partial charge in [-0.05, 0) is 6.07 Å². The second-order valence-corrected chi connectivity index (χ2v) is 5.32. The average molecular weight is 319 g/mol. The standard InChI is InChI=1S/C15H21N5O3/c1-22-10-8-20-13-3-9-23-11-12(13)14(18-20)15(21)16-5-7-19-6-2-4-17-19/h2,4,6H,3,5,7-11H2,1H3,(H,16,21). The van der Waals surface area contributed by atoms with Gasteiger partial charge in [0.25, 0.3) is 5.91 Å². The highest BCUT2D eigenvalue weighted by Crippen LogP contribution is 2.21.